The minimum absolute atomic E-state index is 0.893. The van der Waals surface area contributed by atoms with Crippen molar-refractivity contribution >= 4 is 82.1 Å². The van der Waals surface area contributed by atoms with E-state index >= 15 is 0 Å². The maximum absolute atomic E-state index is 6.53. The number of fused-ring (bicyclic) bond motifs is 9. The molecule has 0 saturated heterocycles. The van der Waals surface area contributed by atoms with Crippen LogP contribution in [-0.4, -0.2) is 0 Å². The lowest BCUT2D eigenvalue weighted by atomic mass is 9.96. The van der Waals surface area contributed by atoms with Gasteiger partial charge in [-0.05, 0) is 91.5 Å². The van der Waals surface area contributed by atoms with Crippen molar-refractivity contribution in [3.63, 3.8) is 0 Å². The highest BCUT2D eigenvalue weighted by Crippen LogP contribution is 2.46. The van der Waals surface area contributed by atoms with Crippen molar-refractivity contribution in [3.05, 3.63) is 200 Å². The molecule has 0 radical (unpaired) electrons. The van der Waals surface area contributed by atoms with E-state index in [4.69, 9.17) is 4.42 Å². The van der Waals surface area contributed by atoms with Gasteiger partial charge in [-0.15, -0.1) is 0 Å². The Balaban J connectivity index is 1.14. The number of nitrogens with zero attached hydrogens (tertiary/aromatic N) is 1. The molecule has 0 saturated carbocycles. The molecule has 0 aliphatic carbocycles. The minimum Gasteiger partial charge on any atom is -0.455 e. The van der Waals surface area contributed by atoms with E-state index < -0.39 is 0 Å². The van der Waals surface area contributed by atoms with Crippen LogP contribution in [0.15, 0.2) is 205 Å². The van der Waals surface area contributed by atoms with Crippen molar-refractivity contribution < 1.29 is 4.42 Å². The van der Waals surface area contributed by atoms with Gasteiger partial charge >= 0.3 is 0 Å². The van der Waals surface area contributed by atoms with Gasteiger partial charge < -0.3 is 9.32 Å². The normalized spacial score (nSPS) is 11.7. The van der Waals surface area contributed by atoms with E-state index in [-0.39, 0.29) is 0 Å². The van der Waals surface area contributed by atoms with Gasteiger partial charge in [-0.2, -0.15) is 0 Å². The number of hydrogen-bond donors (Lipinski definition) is 0. The zero-order valence-corrected chi connectivity index (χ0v) is 29.4. The molecule has 0 aliphatic heterocycles. The smallest absolute Gasteiger partial charge is 0.143 e. The molecule has 0 amide bonds. The van der Waals surface area contributed by atoms with Crippen LogP contribution in [0.5, 0.6) is 0 Å². The quantitative estimate of drug-likeness (QED) is 0.168. The van der Waals surface area contributed by atoms with Crippen molar-refractivity contribution in [2.24, 2.45) is 0 Å². The Kier molecular flexibility index (Phi) is 6.90. The second-order valence-corrected chi connectivity index (χ2v) is 14.1. The Bertz CT molecular complexity index is 3220. The molecule has 0 fully saturated rings. The lowest BCUT2D eigenvalue weighted by Gasteiger charge is -2.30. The van der Waals surface area contributed by atoms with E-state index in [9.17, 15) is 0 Å². The monoisotopic (exact) mass is 687 g/mol. The van der Waals surface area contributed by atoms with Crippen LogP contribution in [-0.2, 0) is 0 Å². The highest BCUT2D eigenvalue weighted by molar-refractivity contribution is 6.17. The van der Waals surface area contributed by atoms with Crippen molar-refractivity contribution in [2.75, 3.05) is 4.90 Å². The SMILES string of the molecule is c1ccc(N(c2ccc(-c3cccc4ccccc34)cc2)c2cc3ccccc3c3ccccc23)c(-c2ccc3oc4c5ccccc5ccc4c3c2)c1. The number of para-hydroxylation sites is 1. The summed E-state index contributed by atoms with van der Waals surface area (Å²) in [6.07, 6.45) is 0. The molecule has 0 unspecified atom stereocenters. The van der Waals surface area contributed by atoms with Crippen LogP contribution < -0.4 is 4.90 Å². The molecular formula is C52H33NO. The van der Waals surface area contributed by atoms with Crippen LogP contribution in [0.2, 0.25) is 0 Å². The van der Waals surface area contributed by atoms with Gasteiger partial charge in [-0.25, -0.2) is 0 Å². The van der Waals surface area contributed by atoms with E-state index in [0.717, 1.165) is 55.5 Å². The van der Waals surface area contributed by atoms with Crippen molar-refractivity contribution in [2.45, 2.75) is 0 Å². The van der Waals surface area contributed by atoms with Crippen molar-refractivity contribution in [1.82, 2.24) is 0 Å². The zero-order valence-electron chi connectivity index (χ0n) is 29.4. The molecule has 54 heavy (non-hydrogen) atoms. The lowest BCUT2D eigenvalue weighted by molar-refractivity contribution is 0.672. The third-order valence-electron chi connectivity index (χ3n) is 11.0. The Morgan fingerprint density at radius 1 is 0.315 bits per heavy atom. The Labute approximate surface area is 312 Å². The molecular weight excluding hydrogens is 655 g/mol. The van der Waals surface area contributed by atoms with Gasteiger partial charge in [0.2, 0.25) is 0 Å². The molecule has 1 aromatic heterocycles. The van der Waals surface area contributed by atoms with Gasteiger partial charge in [0.05, 0.1) is 11.4 Å². The average Bonchev–Trinajstić information content (AvgIpc) is 3.63. The van der Waals surface area contributed by atoms with E-state index in [1.165, 1.54) is 48.8 Å². The molecule has 0 N–H and O–H groups in total. The number of anilines is 3. The average molecular weight is 688 g/mol. The summed E-state index contributed by atoms with van der Waals surface area (Å²) in [5.74, 6) is 0. The lowest BCUT2D eigenvalue weighted by Crippen LogP contribution is -2.12. The summed E-state index contributed by atoms with van der Waals surface area (Å²) < 4.78 is 6.53. The van der Waals surface area contributed by atoms with Gasteiger partial charge in [-0.1, -0.05) is 158 Å². The van der Waals surface area contributed by atoms with Gasteiger partial charge in [0.15, 0.2) is 0 Å². The third-order valence-corrected chi connectivity index (χ3v) is 11.0. The summed E-state index contributed by atoms with van der Waals surface area (Å²) in [7, 11) is 0. The molecule has 11 aromatic rings. The predicted octanol–water partition coefficient (Wildman–Crippen LogP) is 15.0. The van der Waals surface area contributed by atoms with Crippen molar-refractivity contribution in [3.8, 4) is 22.3 Å². The van der Waals surface area contributed by atoms with Crippen LogP contribution in [0.4, 0.5) is 17.1 Å². The highest BCUT2D eigenvalue weighted by Gasteiger charge is 2.21. The standard InChI is InChI=1S/C52H33NO/c1-4-16-40-34(12-1)15-11-22-41(40)36-24-28-39(29-25-36)53(50-33-37-14-3-5-17-42(37)45-20-7-8-21-46(45)50)49-23-10-9-18-43(49)38-27-31-51-48(32-38)47-30-26-35-13-2-6-19-44(35)52(47)54-51/h1-33H. The molecule has 0 atom stereocenters. The first-order valence-corrected chi connectivity index (χ1v) is 18.5. The van der Waals surface area contributed by atoms with Crippen molar-refractivity contribution in [1.29, 1.82) is 0 Å². The summed E-state index contributed by atoms with van der Waals surface area (Å²) in [6, 6.07) is 72.4. The van der Waals surface area contributed by atoms with E-state index in [1.807, 2.05) is 0 Å². The van der Waals surface area contributed by atoms with Gasteiger partial charge in [-0.3, -0.25) is 0 Å². The molecule has 252 valence electrons. The maximum atomic E-state index is 6.53. The van der Waals surface area contributed by atoms with Crippen LogP contribution in [0.1, 0.15) is 0 Å². The predicted molar refractivity (Wildman–Crippen MR) is 229 cm³/mol. The van der Waals surface area contributed by atoms with Gasteiger partial charge in [0.1, 0.15) is 11.2 Å². The van der Waals surface area contributed by atoms with E-state index in [1.54, 1.807) is 0 Å². The zero-order chi connectivity index (χ0) is 35.6. The summed E-state index contributed by atoms with van der Waals surface area (Å²) in [4.78, 5) is 2.45. The first-order chi connectivity index (χ1) is 26.8. The second kappa shape index (κ2) is 12.2. The second-order valence-electron chi connectivity index (χ2n) is 14.1. The first-order valence-electron chi connectivity index (χ1n) is 18.5. The number of rotatable bonds is 5. The highest BCUT2D eigenvalue weighted by atomic mass is 16.3. The number of hydrogen-bond acceptors (Lipinski definition) is 2. The fourth-order valence-corrected chi connectivity index (χ4v) is 8.48. The van der Waals surface area contributed by atoms with E-state index in [0.29, 0.717) is 0 Å². The number of benzene rings is 10. The molecule has 0 bridgehead atoms. The van der Waals surface area contributed by atoms with Gasteiger partial charge in [0, 0.05) is 32.8 Å². The Morgan fingerprint density at radius 2 is 0.926 bits per heavy atom. The molecule has 10 aromatic carbocycles. The molecule has 1 heterocycles. The van der Waals surface area contributed by atoms with Crippen LogP contribution in [0.25, 0.3) is 87.3 Å². The molecule has 0 spiro atoms. The molecule has 2 nitrogen and oxygen atoms in total. The van der Waals surface area contributed by atoms with Gasteiger partial charge in [0.25, 0.3) is 0 Å². The topological polar surface area (TPSA) is 16.4 Å². The Hall–Kier alpha value is -7.16. The molecule has 0 aliphatic rings. The van der Waals surface area contributed by atoms with Crippen LogP contribution in [0, 0.1) is 0 Å². The summed E-state index contributed by atoms with van der Waals surface area (Å²) in [5.41, 5.74) is 9.86. The third kappa shape index (κ3) is 4.81. The van der Waals surface area contributed by atoms with Crippen LogP contribution in [0.3, 0.4) is 0 Å². The molecule has 11 rings (SSSR count). The summed E-state index contributed by atoms with van der Waals surface area (Å²) >= 11 is 0. The fraction of sp³-hybridized carbons (Fsp3) is 0. The molecule has 2 heteroatoms. The largest absolute Gasteiger partial charge is 0.455 e. The Morgan fingerprint density at radius 3 is 1.76 bits per heavy atom. The summed E-state index contributed by atoms with van der Waals surface area (Å²) in [6.45, 7) is 0. The maximum Gasteiger partial charge on any atom is 0.143 e. The fourth-order valence-electron chi connectivity index (χ4n) is 8.48. The number of furan rings is 1. The summed E-state index contributed by atoms with van der Waals surface area (Å²) in [5, 5.41) is 12.0. The first kappa shape index (κ1) is 30.5. The van der Waals surface area contributed by atoms with Crippen LogP contribution >= 0.6 is 0 Å². The minimum atomic E-state index is 0.893. The van der Waals surface area contributed by atoms with E-state index in [2.05, 4.69) is 205 Å².